The third kappa shape index (κ3) is 4.47. The van der Waals surface area contributed by atoms with Crippen LogP contribution in [0.5, 0.6) is 5.75 Å². The minimum Gasteiger partial charge on any atom is -0.486 e. The zero-order valence-corrected chi connectivity index (χ0v) is 16.0. The normalized spacial score (nSPS) is 20.2. The van der Waals surface area contributed by atoms with Crippen molar-refractivity contribution in [3.63, 3.8) is 0 Å². The molecule has 0 bridgehead atoms. The first-order chi connectivity index (χ1) is 12.7. The van der Waals surface area contributed by atoms with Crippen LogP contribution < -0.4 is 4.74 Å². The smallest absolute Gasteiger partial charge is 0.172 e. The van der Waals surface area contributed by atoms with E-state index < -0.39 is 0 Å². The highest BCUT2D eigenvalue weighted by atomic mass is 19.1. The highest BCUT2D eigenvalue weighted by molar-refractivity contribution is 5.85. The van der Waals surface area contributed by atoms with Crippen molar-refractivity contribution in [2.24, 2.45) is 5.92 Å². The maximum atomic E-state index is 14.6. The molecule has 2 aromatic carbocycles. The number of fused-ring (bicyclic) bond motifs is 1. The van der Waals surface area contributed by atoms with E-state index in [-0.39, 0.29) is 5.82 Å². The average Bonchev–Trinajstić information content (AvgIpc) is 2.68. The van der Waals surface area contributed by atoms with Crippen LogP contribution in [0.3, 0.4) is 0 Å². The van der Waals surface area contributed by atoms with Gasteiger partial charge in [-0.2, -0.15) is 0 Å². The second kappa shape index (κ2) is 9.21. The van der Waals surface area contributed by atoms with E-state index in [1.807, 2.05) is 12.1 Å². The van der Waals surface area contributed by atoms with E-state index in [1.54, 1.807) is 12.1 Å². The molecule has 0 N–H and O–H groups in total. The van der Waals surface area contributed by atoms with E-state index in [0.717, 1.165) is 11.3 Å². The quantitative estimate of drug-likeness (QED) is 0.354. The molecule has 2 aromatic rings. The molecule has 1 aliphatic carbocycles. The van der Waals surface area contributed by atoms with E-state index in [1.165, 1.54) is 56.9 Å². The van der Waals surface area contributed by atoms with Gasteiger partial charge in [0.15, 0.2) is 11.6 Å². The van der Waals surface area contributed by atoms with E-state index in [2.05, 4.69) is 25.6 Å². The van der Waals surface area contributed by atoms with Gasteiger partial charge < -0.3 is 4.74 Å². The van der Waals surface area contributed by atoms with Crippen LogP contribution in [0.25, 0.3) is 10.8 Å². The van der Waals surface area contributed by atoms with Gasteiger partial charge in [-0.15, -0.1) is 0 Å². The summed E-state index contributed by atoms with van der Waals surface area (Å²) in [5.74, 6) is 1.58. The Morgan fingerprint density at radius 1 is 1.12 bits per heavy atom. The van der Waals surface area contributed by atoms with Crippen LogP contribution in [0, 0.1) is 11.7 Å². The SMILES string of the molecule is C=CCOc1ccc2cc(C3CCC(CCCCC)CC3)ccc2c1F. The number of benzene rings is 2. The first-order valence-electron chi connectivity index (χ1n) is 10.2. The first kappa shape index (κ1) is 18.9. The van der Waals surface area contributed by atoms with Crippen LogP contribution in [0.1, 0.15) is 69.8 Å². The van der Waals surface area contributed by atoms with Crippen LogP contribution in [0.4, 0.5) is 4.39 Å². The zero-order chi connectivity index (χ0) is 18.4. The Kier molecular flexibility index (Phi) is 6.71. The molecule has 0 aromatic heterocycles. The number of halogens is 1. The van der Waals surface area contributed by atoms with Gasteiger partial charge in [-0.05, 0) is 54.5 Å². The van der Waals surface area contributed by atoms with Crippen molar-refractivity contribution >= 4 is 10.8 Å². The third-order valence-corrected chi connectivity index (χ3v) is 5.83. The predicted octanol–water partition coefficient (Wildman–Crippen LogP) is 7.40. The summed E-state index contributed by atoms with van der Waals surface area (Å²) in [5, 5.41) is 1.61. The third-order valence-electron chi connectivity index (χ3n) is 5.83. The molecule has 0 radical (unpaired) electrons. The molecular weight excluding hydrogens is 323 g/mol. The van der Waals surface area contributed by atoms with E-state index in [4.69, 9.17) is 4.74 Å². The monoisotopic (exact) mass is 354 g/mol. The van der Waals surface area contributed by atoms with E-state index in [0.29, 0.717) is 23.7 Å². The highest BCUT2D eigenvalue weighted by Crippen LogP contribution is 2.39. The van der Waals surface area contributed by atoms with Crippen LogP contribution in [0.15, 0.2) is 43.0 Å². The van der Waals surface area contributed by atoms with Gasteiger partial charge in [0.1, 0.15) is 6.61 Å². The highest BCUT2D eigenvalue weighted by Gasteiger charge is 2.22. The van der Waals surface area contributed by atoms with Crippen molar-refractivity contribution in [1.82, 2.24) is 0 Å². The van der Waals surface area contributed by atoms with Gasteiger partial charge in [0.2, 0.25) is 0 Å². The fraction of sp³-hybridized carbons (Fsp3) is 0.500. The Bertz CT molecular complexity index is 728. The minimum absolute atomic E-state index is 0.268. The fourth-order valence-electron chi connectivity index (χ4n) is 4.27. The predicted molar refractivity (Wildman–Crippen MR) is 108 cm³/mol. The largest absolute Gasteiger partial charge is 0.486 e. The Morgan fingerprint density at radius 2 is 1.92 bits per heavy atom. The molecule has 140 valence electrons. The van der Waals surface area contributed by atoms with Gasteiger partial charge in [-0.1, -0.05) is 69.5 Å². The van der Waals surface area contributed by atoms with Crippen molar-refractivity contribution in [3.05, 3.63) is 54.4 Å². The summed E-state index contributed by atoms with van der Waals surface area (Å²) in [6, 6.07) is 9.92. The molecule has 1 fully saturated rings. The molecule has 0 spiro atoms. The summed E-state index contributed by atoms with van der Waals surface area (Å²) < 4.78 is 20.0. The Hall–Kier alpha value is -1.83. The molecule has 0 amide bonds. The van der Waals surface area contributed by atoms with Gasteiger partial charge in [-0.3, -0.25) is 0 Å². The maximum Gasteiger partial charge on any atom is 0.172 e. The average molecular weight is 355 g/mol. The molecule has 0 saturated heterocycles. The Balaban J connectivity index is 1.67. The summed E-state index contributed by atoms with van der Waals surface area (Å²) in [7, 11) is 0. The Labute approximate surface area is 157 Å². The van der Waals surface area contributed by atoms with Crippen LogP contribution in [0.2, 0.25) is 0 Å². The van der Waals surface area contributed by atoms with Crippen molar-refractivity contribution in [2.75, 3.05) is 6.61 Å². The minimum atomic E-state index is -0.268. The molecule has 0 atom stereocenters. The Morgan fingerprint density at radius 3 is 2.65 bits per heavy atom. The van der Waals surface area contributed by atoms with Crippen molar-refractivity contribution < 1.29 is 9.13 Å². The summed E-state index contributed by atoms with van der Waals surface area (Å²) in [6.45, 7) is 6.20. The van der Waals surface area contributed by atoms with Gasteiger partial charge in [0.05, 0.1) is 0 Å². The molecule has 0 aliphatic heterocycles. The standard InChI is InChI=1S/C24H31FO/c1-3-5-6-7-18-8-10-19(11-9-18)20-12-14-22-21(17-20)13-15-23(24(22)25)26-16-4-2/h4,12-15,17-19H,2-3,5-11,16H2,1H3. The lowest BCUT2D eigenvalue weighted by Crippen LogP contribution is -2.13. The molecule has 1 aliphatic rings. The molecule has 2 heteroatoms. The molecule has 0 unspecified atom stereocenters. The molecule has 1 saturated carbocycles. The molecule has 3 rings (SSSR count). The second-order valence-electron chi connectivity index (χ2n) is 7.67. The van der Waals surface area contributed by atoms with Crippen molar-refractivity contribution in [2.45, 2.75) is 64.2 Å². The summed E-state index contributed by atoms with van der Waals surface area (Å²) in [4.78, 5) is 0. The van der Waals surface area contributed by atoms with Crippen molar-refractivity contribution in [1.29, 1.82) is 0 Å². The summed E-state index contributed by atoms with van der Waals surface area (Å²) >= 11 is 0. The lowest BCUT2D eigenvalue weighted by atomic mass is 9.77. The zero-order valence-electron chi connectivity index (χ0n) is 16.0. The lowest BCUT2D eigenvalue weighted by molar-refractivity contribution is 0.303. The van der Waals surface area contributed by atoms with Gasteiger partial charge in [0, 0.05) is 5.39 Å². The van der Waals surface area contributed by atoms with Crippen LogP contribution >= 0.6 is 0 Å². The van der Waals surface area contributed by atoms with Crippen LogP contribution in [-0.2, 0) is 0 Å². The lowest BCUT2D eigenvalue weighted by Gasteiger charge is -2.29. The maximum absolute atomic E-state index is 14.6. The van der Waals surface area contributed by atoms with Crippen LogP contribution in [-0.4, -0.2) is 6.61 Å². The second-order valence-corrected chi connectivity index (χ2v) is 7.67. The van der Waals surface area contributed by atoms with Gasteiger partial charge in [-0.25, -0.2) is 4.39 Å². The van der Waals surface area contributed by atoms with E-state index in [9.17, 15) is 4.39 Å². The van der Waals surface area contributed by atoms with E-state index >= 15 is 0 Å². The molecule has 1 nitrogen and oxygen atoms in total. The number of hydrogen-bond donors (Lipinski definition) is 0. The number of rotatable bonds is 8. The van der Waals surface area contributed by atoms with Crippen molar-refractivity contribution in [3.8, 4) is 5.75 Å². The topological polar surface area (TPSA) is 9.23 Å². The first-order valence-corrected chi connectivity index (χ1v) is 10.2. The number of unbranched alkanes of at least 4 members (excludes halogenated alkanes) is 2. The van der Waals surface area contributed by atoms with Gasteiger partial charge >= 0.3 is 0 Å². The number of ether oxygens (including phenoxy) is 1. The van der Waals surface area contributed by atoms with Gasteiger partial charge in [0.25, 0.3) is 0 Å². The number of hydrogen-bond acceptors (Lipinski definition) is 1. The molecular formula is C24H31FO. The molecule has 26 heavy (non-hydrogen) atoms. The summed E-state index contributed by atoms with van der Waals surface area (Å²) in [5.41, 5.74) is 1.36. The molecule has 0 heterocycles. The fourth-order valence-corrected chi connectivity index (χ4v) is 4.27. The summed E-state index contributed by atoms with van der Waals surface area (Å²) in [6.07, 6.45) is 12.3.